The zero-order valence-electron chi connectivity index (χ0n) is 13.4. The van der Waals surface area contributed by atoms with Gasteiger partial charge in [-0.3, -0.25) is 4.79 Å². The Kier molecular flexibility index (Phi) is 5.76. The standard InChI is InChI=1S/C16H24N2O3/c1-6-16(2,3)17-14(19)11-21-15(20)12-8-7-9-13(10-12)18(4)5/h7-10H,6,11H2,1-5H3,(H,17,19). The summed E-state index contributed by atoms with van der Waals surface area (Å²) in [6.45, 7) is 5.56. The Morgan fingerprint density at radius 1 is 1.29 bits per heavy atom. The summed E-state index contributed by atoms with van der Waals surface area (Å²) in [6.07, 6.45) is 0.803. The summed E-state index contributed by atoms with van der Waals surface area (Å²) < 4.78 is 5.05. The molecule has 1 rings (SSSR count). The molecule has 0 saturated carbocycles. The molecule has 21 heavy (non-hydrogen) atoms. The lowest BCUT2D eigenvalue weighted by Gasteiger charge is -2.24. The van der Waals surface area contributed by atoms with Crippen molar-refractivity contribution in [3.63, 3.8) is 0 Å². The zero-order chi connectivity index (χ0) is 16.0. The topological polar surface area (TPSA) is 58.6 Å². The highest BCUT2D eigenvalue weighted by Crippen LogP contribution is 2.14. The predicted octanol–water partition coefficient (Wildman–Crippen LogP) is 2.21. The third-order valence-corrected chi connectivity index (χ3v) is 3.29. The molecule has 0 atom stereocenters. The summed E-state index contributed by atoms with van der Waals surface area (Å²) in [5, 5.41) is 2.82. The molecule has 5 heteroatoms. The number of esters is 1. The maximum atomic E-state index is 11.9. The fraction of sp³-hybridized carbons (Fsp3) is 0.500. The van der Waals surface area contributed by atoms with Crippen LogP contribution in [-0.2, 0) is 9.53 Å². The Labute approximate surface area is 126 Å². The number of benzene rings is 1. The number of rotatable bonds is 6. The molecule has 0 saturated heterocycles. The molecule has 5 nitrogen and oxygen atoms in total. The number of hydrogen-bond acceptors (Lipinski definition) is 4. The van der Waals surface area contributed by atoms with Crippen LogP contribution < -0.4 is 10.2 Å². The lowest BCUT2D eigenvalue weighted by molar-refractivity contribution is -0.125. The summed E-state index contributed by atoms with van der Waals surface area (Å²) in [5.74, 6) is -0.790. The van der Waals surface area contributed by atoms with Gasteiger partial charge in [0.15, 0.2) is 6.61 Å². The van der Waals surface area contributed by atoms with Gasteiger partial charge in [-0.25, -0.2) is 4.79 Å². The fourth-order valence-corrected chi connectivity index (χ4v) is 1.63. The van der Waals surface area contributed by atoms with E-state index in [1.807, 2.05) is 45.8 Å². The van der Waals surface area contributed by atoms with Gasteiger partial charge in [0.2, 0.25) is 0 Å². The third kappa shape index (κ3) is 5.45. The second kappa shape index (κ2) is 7.11. The monoisotopic (exact) mass is 292 g/mol. The van der Waals surface area contributed by atoms with Crippen LogP contribution in [0.3, 0.4) is 0 Å². The Balaban J connectivity index is 2.58. The first-order valence-electron chi connectivity index (χ1n) is 7.00. The molecule has 0 fully saturated rings. The zero-order valence-corrected chi connectivity index (χ0v) is 13.4. The quantitative estimate of drug-likeness (QED) is 0.817. The average Bonchev–Trinajstić information content (AvgIpc) is 2.44. The SMILES string of the molecule is CCC(C)(C)NC(=O)COC(=O)c1cccc(N(C)C)c1. The van der Waals surface area contributed by atoms with E-state index in [1.165, 1.54) is 0 Å². The molecule has 1 aromatic carbocycles. The summed E-state index contributed by atoms with van der Waals surface area (Å²) >= 11 is 0. The Morgan fingerprint density at radius 2 is 1.95 bits per heavy atom. The van der Waals surface area contributed by atoms with Gasteiger partial charge in [0, 0.05) is 25.3 Å². The van der Waals surface area contributed by atoms with Gasteiger partial charge in [-0.05, 0) is 38.5 Å². The van der Waals surface area contributed by atoms with Crippen molar-refractivity contribution >= 4 is 17.6 Å². The number of carbonyl (C=O) groups excluding carboxylic acids is 2. The molecule has 1 amide bonds. The first-order chi connectivity index (χ1) is 9.75. The van der Waals surface area contributed by atoms with Gasteiger partial charge in [0.05, 0.1) is 5.56 Å². The first-order valence-corrected chi connectivity index (χ1v) is 7.00. The number of amides is 1. The maximum absolute atomic E-state index is 11.9. The molecule has 1 N–H and O–H groups in total. The lowest BCUT2D eigenvalue weighted by atomic mass is 10.0. The van der Waals surface area contributed by atoms with E-state index in [9.17, 15) is 9.59 Å². The normalized spacial score (nSPS) is 10.9. The van der Waals surface area contributed by atoms with Gasteiger partial charge < -0.3 is 15.0 Å². The van der Waals surface area contributed by atoms with E-state index < -0.39 is 5.97 Å². The van der Waals surface area contributed by atoms with Crippen molar-refractivity contribution in [2.24, 2.45) is 0 Å². The molecule has 0 unspecified atom stereocenters. The highest BCUT2D eigenvalue weighted by Gasteiger charge is 2.19. The second-order valence-corrected chi connectivity index (χ2v) is 5.81. The fourth-order valence-electron chi connectivity index (χ4n) is 1.63. The van der Waals surface area contributed by atoms with E-state index in [2.05, 4.69) is 5.32 Å². The number of carbonyl (C=O) groups is 2. The average molecular weight is 292 g/mol. The summed E-state index contributed by atoms with van der Waals surface area (Å²) in [4.78, 5) is 25.6. The van der Waals surface area contributed by atoms with Gasteiger partial charge in [0.1, 0.15) is 0 Å². The highest BCUT2D eigenvalue weighted by atomic mass is 16.5. The van der Waals surface area contributed by atoms with Crippen LogP contribution in [0.2, 0.25) is 0 Å². The van der Waals surface area contributed by atoms with Crippen molar-refractivity contribution in [3.8, 4) is 0 Å². The minimum atomic E-state index is -0.497. The van der Waals surface area contributed by atoms with Gasteiger partial charge in [-0.15, -0.1) is 0 Å². The highest BCUT2D eigenvalue weighted by molar-refractivity contribution is 5.92. The molecule has 0 aliphatic rings. The number of hydrogen-bond donors (Lipinski definition) is 1. The van der Waals surface area contributed by atoms with E-state index in [0.717, 1.165) is 12.1 Å². The van der Waals surface area contributed by atoms with Crippen LogP contribution in [0.1, 0.15) is 37.6 Å². The molecular weight excluding hydrogens is 268 g/mol. The van der Waals surface area contributed by atoms with Gasteiger partial charge in [-0.1, -0.05) is 13.0 Å². The smallest absolute Gasteiger partial charge is 0.338 e. The largest absolute Gasteiger partial charge is 0.452 e. The van der Waals surface area contributed by atoms with E-state index in [4.69, 9.17) is 4.74 Å². The molecule has 0 bridgehead atoms. The Bertz CT molecular complexity index is 510. The van der Waals surface area contributed by atoms with Crippen molar-refractivity contribution in [3.05, 3.63) is 29.8 Å². The van der Waals surface area contributed by atoms with Gasteiger partial charge in [0.25, 0.3) is 5.91 Å². The molecular formula is C16H24N2O3. The van der Waals surface area contributed by atoms with Gasteiger partial charge in [-0.2, -0.15) is 0 Å². The summed E-state index contributed by atoms with van der Waals surface area (Å²) in [7, 11) is 3.79. The molecule has 0 heterocycles. The van der Waals surface area contributed by atoms with Crippen LogP contribution in [0.15, 0.2) is 24.3 Å². The van der Waals surface area contributed by atoms with Crippen molar-refractivity contribution in [2.75, 3.05) is 25.6 Å². The van der Waals surface area contributed by atoms with E-state index >= 15 is 0 Å². The van der Waals surface area contributed by atoms with E-state index in [1.54, 1.807) is 18.2 Å². The number of nitrogens with zero attached hydrogens (tertiary/aromatic N) is 1. The predicted molar refractivity (Wildman–Crippen MR) is 83.6 cm³/mol. The second-order valence-electron chi connectivity index (χ2n) is 5.81. The Morgan fingerprint density at radius 3 is 2.52 bits per heavy atom. The molecule has 0 spiro atoms. The number of anilines is 1. The van der Waals surface area contributed by atoms with Crippen molar-refractivity contribution in [2.45, 2.75) is 32.7 Å². The van der Waals surface area contributed by atoms with E-state index in [-0.39, 0.29) is 18.1 Å². The first kappa shape index (κ1) is 17.0. The third-order valence-electron chi connectivity index (χ3n) is 3.29. The summed E-state index contributed by atoms with van der Waals surface area (Å²) in [6, 6.07) is 7.08. The van der Waals surface area contributed by atoms with Gasteiger partial charge >= 0.3 is 5.97 Å². The number of nitrogens with one attached hydrogen (secondary N) is 1. The minimum absolute atomic E-state index is 0.269. The molecule has 0 aromatic heterocycles. The molecule has 0 aliphatic heterocycles. The molecule has 0 aliphatic carbocycles. The van der Waals surface area contributed by atoms with Crippen LogP contribution in [0, 0.1) is 0 Å². The van der Waals surface area contributed by atoms with Crippen molar-refractivity contribution in [1.82, 2.24) is 5.32 Å². The summed E-state index contributed by atoms with van der Waals surface area (Å²) in [5.41, 5.74) is 1.04. The Hall–Kier alpha value is -2.04. The van der Waals surface area contributed by atoms with Crippen molar-refractivity contribution < 1.29 is 14.3 Å². The minimum Gasteiger partial charge on any atom is -0.452 e. The molecule has 0 radical (unpaired) electrons. The van der Waals surface area contributed by atoms with E-state index in [0.29, 0.717) is 5.56 Å². The van der Waals surface area contributed by atoms with Crippen molar-refractivity contribution in [1.29, 1.82) is 0 Å². The van der Waals surface area contributed by atoms with Crippen LogP contribution in [-0.4, -0.2) is 38.1 Å². The van der Waals surface area contributed by atoms with Crippen LogP contribution in [0.4, 0.5) is 5.69 Å². The molecule has 1 aromatic rings. The maximum Gasteiger partial charge on any atom is 0.338 e. The van der Waals surface area contributed by atoms with Crippen LogP contribution >= 0.6 is 0 Å². The van der Waals surface area contributed by atoms with Crippen LogP contribution in [0.25, 0.3) is 0 Å². The lowest BCUT2D eigenvalue weighted by Crippen LogP contribution is -2.44. The van der Waals surface area contributed by atoms with Crippen LogP contribution in [0.5, 0.6) is 0 Å². The molecule has 116 valence electrons. The number of ether oxygens (including phenoxy) is 1.